The van der Waals surface area contributed by atoms with Gasteiger partial charge >= 0.3 is 0 Å². The monoisotopic (exact) mass is 248 g/mol. The van der Waals surface area contributed by atoms with Crippen molar-refractivity contribution in [1.29, 1.82) is 0 Å². The van der Waals surface area contributed by atoms with Crippen LogP contribution in [0, 0.1) is 11.8 Å². The summed E-state index contributed by atoms with van der Waals surface area (Å²) in [6.45, 7) is 3.58. The summed E-state index contributed by atoms with van der Waals surface area (Å²) in [6.07, 6.45) is 1.96. The van der Waals surface area contributed by atoms with E-state index in [0.29, 0.717) is 6.42 Å². The fourth-order valence-corrected chi connectivity index (χ4v) is 1.99. The predicted molar refractivity (Wildman–Crippen MR) is 78.5 cm³/mol. The maximum Gasteiger partial charge on any atom is 0.155 e. The van der Waals surface area contributed by atoms with Crippen molar-refractivity contribution in [3.8, 4) is 11.8 Å². The fraction of sp³-hybridized carbons (Fsp3) is 0.111. The Morgan fingerprint density at radius 3 is 2.16 bits per heavy atom. The maximum atomic E-state index is 10.8. The summed E-state index contributed by atoms with van der Waals surface area (Å²) in [5.74, 6) is 5.67. The molecule has 0 saturated carbocycles. The van der Waals surface area contributed by atoms with Crippen molar-refractivity contribution < 1.29 is 5.11 Å². The highest BCUT2D eigenvalue weighted by atomic mass is 16.3. The van der Waals surface area contributed by atoms with Crippen LogP contribution >= 0.6 is 0 Å². The highest BCUT2D eigenvalue weighted by Gasteiger charge is 2.26. The number of benzene rings is 2. The van der Waals surface area contributed by atoms with E-state index in [2.05, 4.69) is 18.4 Å². The van der Waals surface area contributed by atoms with E-state index in [-0.39, 0.29) is 0 Å². The molecular weight excluding hydrogens is 232 g/mol. The second-order valence-corrected chi connectivity index (χ2v) is 4.36. The molecular formula is C18H16O. The van der Waals surface area contributed by atoms with Crippen LogP contribution in [0.25, 0.3) is 0 Å². The molecule has 0 saturated heterocycles. The molecule has 1 atom stereocenters. The third-order valence-electron chi connectivity index (χ3n) is 2.94. The predicted octanol–water partition coefficient (Wildman–Crippen LogP) is 3.31. The van der Waals surface area contributed by atoms with Crippen molar-refractivity contribution in [2.75, 3.05) is 0 Å². The summed E-state index contributed by atoms with van der Waals surface area (Å²) in [6, 6.07) is 19.4. The lowest BCUT2D eigenvalue weighted by Gasteiger charge is -2.23. The third kappa shape index (κ3) is 3.34. The van der Waals surface area contributed by atoms with Crippen LogP contribution in [0.2, 0.25) is 0 Å². The topological polar surface area (TPSA) is 20.2 Å². The normalized spacial score (nSPS) is 12.9. The van der Waals surface area contributed by atoms with Gasteiger partial charge in [-0.25, -0.2) is 0 Å². The van der Waals surface area contributed by atoms with Gasteiger partial charge in [0, 0.05) is 6.42 Å². The number of hydrogen-bond acceptors (Lipinski definition) is 1. The molecule has 1 nitrogen and oxygen atoms in total. The van der Waals surface area contributed by atoms with Gasteiger partial charge in [0.05, 0.1) is 0 Å². The molecule has 0 aliphatic heterocycles. The van der Waals surface area contributed by atoms with E-state index in [1.54, 1.807) is 0 Å². The van der Waals surface area contributed by atoms with Crippen LogP contribution in [0.1, 0.15) is 11.1 Å². The molecule has 0 amide bonds. The van der Waals surface area contributed by atoms with E-state index in [4.69, 9.17) is 0 Å². The molecule has 1 unspecified atom stereocenters. The highest BCUT2D eigenvalue weighted by Crippen LogP contribution is 2.25. The first-order chi connectivity index (χ1) is 9.24. The van der Waals surface area contributed by atoms with Crippen LogP contribution < -0.4 is 0 Å². The SMILES string of the molecule is C=CC#CC(O)(Cc1ccccc1)c1ccccc1. The molecule has 1 N–H and O–H groups in total. The van der Waals surface area contributed by atoms with Crippen LogP contribution in [-0.2, 0) is 12.0 Å². The second kappa shape index (κ2) is 6.04. The molecule has 0 spiro atoms. The van der Waals surface area contributed by atoms with Crippen LogP contribution in [0.5, 0.6) is 0 Å². The van der Waals surface area contributed by atoms with Crippen molar-refractivity contribution in [3.63, 3.8) is 0 Å². The Morgan fingerprint density at radius 1 is 1.00 bits per heavy atom. The molecule has 2 aromatic carbocycles. The minimum Gasteiger partial charge on any atom is -0.373 e. The first kappa shape index (κ1) is 13.1. The molecule has 2 aromatic rings. The van der Waals surface area contributed by atoms with Crippen molar-refractivity contribution in [1.82, 2.24) is 0 Å². The zero-order valence-corrected chi connectivity index (χ0v) is 10.7. The minimum atomic E-state index is -1.18. The molecule has 1 heteroatoms. The summed E-state index contributed by atoms with van der Waals surface area (Å²) in [7, 11) is 0. The first-order valence-corrected chi connectivity index (χ1v) is 6.20. The van der Waals surface area contributed by atoms with Crippen LogP contribution in [0.3, 0.4) is 0 Å². The lowest BCUT2D eigenvalue weighted by Crippen LogP contribution is -2.26. The largest absolute Gasteiger partial charge is 0.373 e. The summed E-state index contributed by atoms with van der Waals surface area (Å²) in [4.78, 5) is 0. The van der Waals surface area contributed by atoms with Gasteiger partial charge in [0.15, 0.2) is 5.60 Å². The molecule has 0 heterocycles. The number of rotatable bonds is 3. The summed E-state index contributed by atoms with van der Waals surface area (Å²) < 4.78 is 0. The Hall–Kier alpha value is -2.30. The van der Waals surface area contributed by atoms with Crippen molar-refractivity contribution >= 4 is 0 Å². The van der Waals surface area contributed by atoms with E-state index in [1.807, 2.05) is 60.7 Å². The van der Waals surface area contributed by atoms with E-state index in [1.165, 1.54) is 6.08 Å². The molecule has 0 bridgehead atoms. The molecule has 0 aliphatic carbocycles. The van der Waals surface area contributed by atoms with Crippen molar-refractivity contribution in [2.45, 2.75) is 12.0 Å². The zero-order valence-electron chi connectivity index (χ0n) is 10.7. The Balaban J connectivity index is 2.38. The Kier molecular flexibility index (Phi) is 4.18. The van der Waals surface area contributed by atoms with E-state index >= 15 is 0 Å². The molecule has 0 fully saturated rings. The lowest BCUT2D eigenvalue weighted by atomic mass is 9.88. The van der Waals surface area contributed by atoms with Gasteiger partial charge in [0.25, 0.3) is 0 Å². The van der Waals surface area contributed by atoms with E-state index < -0.39 is 5.60 Å². The smallest absolute Gasteiger partial charge is 0.155 e. The van der Waals surface area contributed by atoms with Crippen LogP contribution in [0.4, 0.5) is 0 Å². The van der Waals surface area contributed by atoms with Crippen LogP contribution in [0.15, 0.2) is 73.3 Å². The van der Waals surface area contributed by atoms with Gasteiger partial charge in [-0.3, -0.25) is 0 Å². The van der Waals surface area contributed by atoms with Crippen molar-refractivity contribution in [2.24, 2.45) is 0 Å². The molecule has 2 rings (SSSR count). The van der Waals surface area contributed by atoms with Crippen molar-refractivity contribution in [3.05, 3.63) is 84.4 Å². The Labute approximate surface area is 114 Å². The van der Waals surface area contributed by atoms with Gasteiger partial charge in [-0.2, -0.15) is 0 Å². The summed E-state index contributed by atoms with van der Waals surface area (Å²) in [5.41, 5.74) is 0.664. The number of aliphatic hydroxyl groups is 1. The zero-order chi connectivity index (χ0) is 13.6. The van der Waals surface area contributed by atoms with Gasteiger partial charge < -0.3 is 5.11 Å². The van der Waals surface area contributed by atoms with E-state index in [0.717, 1.165) is 11.1 Å². The highest BCUT2D eigenvalue weighted by molar-refractivity contribution is 5.36. The molecule has 0 aromatic heterocycles. The van der Waals surface area contributed by atoms with Crippen LogP contribution in [-0.4, -0.2) is 5.11 Å². The Morgan fingerprint density at radius 2 is 1.58 bits per heavy atom. The van der Waals surface area contributed by atoms with Gasteiger partial charge in [-0.05, 0) is 17.2 Å². The van der Waals surface area contributed by atoms with Gasteiger partial charge in [-0.15, -0.1) is 0 Å². The average molecular weight is 248 g/mol. The summed E-state index contributed by atoms with van der Waals surface area (Å²) >= 11 is 0. The van der Waals surface area contributed by atoms with Gasteiger partial charge in [-0.1, -0.05) is 79.1 Å². The first-order valence-electron chi connectivity index (χ1n) is 6.20. The fourth-order valence-electron chi connectivity index (χ4n) is 1.99. The lowest BCUT2D eigenvalue weighted by molar-refractivity contribution is 0.101. The van der Waals surface area contributed by atoms with Gasteiger partial charge in [0.1, 0.15) is 0 Å². The number of allylic oxidation sites excluding steroid dienone is 1. The summed E-state index contributed by atoms with van der Waals surface area (Å²) in [5, 5.41) is 10.8. The minimum absolute atomic E-state index is 0.457. The van der Waals surface area contributed by atoms with E-state index in [9.17, 15) is 5.11 Å². The maximum absolute atomic E-state index is 10.8. The molecule has 0 aliphatic rings. The number of hydrogen-bond donors (Lipinski definition) is 1. The third-order valence-corrected chi connectivity index (χ3v) is 2.94. The standard InChI is InChI=1S/C18H16O/c1-2-3-14-18(19,17-12-8-5-9-13-17)15-16-10-6-4-7-11-16/h2,4-13,19H,1,15H2. The molecule has 94 valence electrons. The average Bonchev–Trinajstić information content (AvgIpc) is 2.47. The van der Waals surface area contributed by atoms with Gasteiger partial charge in [0.2, 0.25) is 0 Å². The Bertz CT molecular complexity index is 590. The second-order valence-electron chi connectivity index (χ2n) is 4.36. The quantitative estimate of drug-likeness (QED) is 0.826. The molecule has 19 heavy (non-hydrogen) atoms. The molecule has 0 radical (unpaired) electrons.